The van der Waals surface area contributed by atoms with Crippen LogP contribution in [0.2, 0.25) is 5.02 Å². The third-order valence-electron chi connectivity index (χ3n) is 4.39. The SMILES string of the molecule is Nc1ncnc(Oc2ccc(NC(=O)c3cnn(-c4ccc(F)cn4)c3C(F)(F)F)cc2F)c1Cl. The lowest BCUT2D eigenvalue weighted by molar-refractivity contribution is -0.143. The molecule has 0 saturated heterocycles. The number of nitrogens with two attached hydrogens (primary N) is 1. The van der Waals surface area contributed by atoms with Gasteiger partial charge in [0.05, 0.1) is 18.0 Å². The first kappa shape index (κ1) is 23.8. The van der Waals surface area contributed by atoms with Gasteiger partial charge in [-0.05, 0) is 24.3 Å². The highest BCUT2D eigenvalue weighted by atomic mass is 35.5. The van der Waals surface area contributed by atoms with Gasteiger partial charge in [-0.2, -0.15) is 23.3 Å². The average molecular weight is 512 g/mol. The van der Waals surface area contributed by atoms with E-state index in [1.54, 1.807) is 0 Å². The summed E-state index contributed by atoms with van der Waals surface area (Å²) >= 11 is 5.89. The number of nitrogens with one attached hydrogen (secondary N) is 1. The third kappa shape index (κ3) is 4.96. The largest absolute Gasteiger partial charge is 0.434 e. The number of aromatic nitrogens is 5. The summed E-state index contributed by atoms with van der Waals surface area (Å²) < 4.78 is 74.4. The minimum Gasteiger partial charge on any atom is -0.434 e. The van der Waals surface area contributed by atoms with Crippen LogP contribution in [0.25, 0.3) is 5.82 Å². The molecule has 1 amide bonds. The van der Waals surface area contributed by atoms with E-state index in [0.717, 1.165) is 30.6 Å². The van der Waals surface area contributed by atoms with Crippen molar-refractivity contribution in [3.63, 3.8) is 0 Å². The Kier molecular flexibility index (Phi) is 6.22. The van der Waals surface area contributed by atoms with Gasteiger partial charge < -0.3 is 15.8 Å². The Morgan fingerprint density at radius 1 is 1.09 bits per heavy atom. The molecule has 1 aromatic carbocycles. The molecule has 0 aliphatic heterocycles. The van der Waals surface area contributed by atoms with E-state index in [2.05, 4.69) is 25.4 Å². The molecule has 3 N–H and O–H groups in total. The molecule has 0 radical (unpaired) electrons. The molecule has 0 bridgehead atoms. The number of carbonyl (C=O) groups excluding carboxylic acids is 1. The van der Waals surface area contributed by atoms with Gasteiger partial charge in [0.15, 0.2) is 23.1 Å². The molecule has 15 heteroatoms. The highest BCUT2D eigenvalue weighted by Crippen LogP contribution is 2.35. The summed E-state index contributed by atoms with van der Waals surface area (Å²) in [5.41, 5.74) is 3.02. The van der Waals surface area contributed by atoms with Gasteiger partial charge in [-0.1, -0.05) is 11.6 Å². The number of nitrogen functional groups attached to an aromatic ring is 1. The highest BCUT2D eigenvalue weighted by Gasteiger charge is 2.41. The van der Waals surface area contributed by atoms with Crippen molar-refractivity contribution in [2.45, 2.75) is 6.18 Å². The monoisotopic (exact) mass is 511 g/mol. The van der Waals surface area contributed by atoms with Crippen LogP contribution in [0.4, 0.5) is 33.5 Å². The number of amides is 1. The fraction of sp³-hybridized carbons (Fsp3) is 0.0500. The van der Waals surface area contributed by atoms with Crippen LogP contribution in [0.15, 0.2) is 49.1 Å². The normalized spacial score (nSPS) is 11.4. The molecule has 9 nitrogen and oxygen atoms in total. The van der Waals surface area contributed by atoms with E-state index in [-0.39, 0.29) is 34.0 Å². The molecule has 0 unspecified atom stereocenters. The van der Waals surface area contributed by atoms with Gasteiger partial charge in [-0.15, -0.1) is 0 Å². The molecule has 0 saturated carbocycles. The summed E-state index contributed by atoms with van der Waals surface area (Å²) in [6.45, 7) is 0. The van der Waals surface area contributed by atoms with E-state index in [1.807, 2.05) is 0 Å². The number of halogens is 6. The Morgan fingerprint density at radius 2 is 1.86 bits per heavy atom. The fourth-order valence-electron chi connectivity index (χ4n) is 2.86. The molecular weight excluding hydrogens is 501 g/mol. The Balaban J connectivity index is 1.60. The third-order valence-corrected chi connectivity index (χ3v) is 4.75. The highest BCUT2D eigenvalue weighted by molar-refractivity contribution is 6.34. The van der Waals surface area contributed by atoms with E-state index in [0.29, 0.717) is 17.1 Å². The van der Waals surface area contributed by atoms with Gasteiger partial charge in [0, 0.05) is 11.8 Å². The minimum atomic E-state index is -5.03. The Labute approximate surface area is 197 Å². The maximum absolute atomic E-state index is 14.5. The standard InChI is InChI=1S/C20H11ClF5N7O2/c21-15-17(27)29-8-30-19(15)35-13-3-2-10(5-12(13)23)32-18(34)11-7-31-33(16(11)20(24,25)26)14-4-1-9(22)6-28-14/h1-8H,(H,32,34)(H2,27,29,30). The predicted molar refractivity (Wildman–Crippen MR) is 112 cm³/mol. The zero-order valence-corrected chi connectivity index (χ0v) is 17.8. The van der Waals surface area contributed by atoms with Crippen molar-refractivity contribution >= 4 is 29.0 Å². The number of hydrogen-bond acceptors (Lipinski definition) is 7. The van der Waals surface area contributed by atoms with E-state index < -0.39 is 35.0 Å². The van der Waals surface area contributed by atoms with Crippen molar-refractivity contribution in [3.05, 3.63) is 77.0 Å². The smallest absolute Gasteiger partial charge is 0.434 e. The number of ether oxygens (including phenoxy) is 1. The lowest BCUT2D eigenvalue weighted by Gasteiger charge is -2.13. The van der Waals surface area contributed by atoms with Crippen LogP contribution in [0.3, 0.4) is 0 Å². The van der Waals surface area contributed by atoms with Crippen LogP contribution in [0, 0.1) is 11.6 Å². The Morgan fingerprint density at radius 3 is 2.51 bits per heavy atom. The fourth-order valence-corrected chi connectivity index (χ4v) is 2.99. The number of benzene rings is 1. The summed E-state index contributed by atoms with van der Waals surface area (Å²) in [6.07, 6.45) is -2.62. The molecule has 0 spiro atoms. The van der Waals surface area contributed by atoms with Crippen LogP contribution in [-0.2, 0) is 6.18 Å². The van der Waals surface area contributed by atoms with Gasteiger partial charge in [0.25, 0.3) is 5.91 Å². The zero-order chi connectivity index (χ0) is 25.3. The van der Waals surface area contributed by atoms with Gasteiger partial charge >= 0.3 is 6.18 Å². The maximum Gasteiger partial charge on any atom is 0.434 e. The molecule has 4 rings (SSSR count). The molecule has 3 aromatic heterocycles. The lowest BCUT2D eigenvalue weighted by Crippen LogP contribution is -2.21. The second-order valence-electron chi connectivity index (χ2n) is 6.73. The van der Waals surface area contributed by atoms with Crippen LogP contribution in [0.5, 0.6) is 11.6 Å². The molecular formula is C20H11ClF5N7O2. The van der Waals surface area contributed by atoms with Gasteiger partial charge in [0.2, 0.25) is 5.88 Å². The van der Waals surface area contributed by atoms with Gasteiger partial charge in [-0.3, -0.25) is 4.79 Å². The molecule has 180 valence electrons. The quantitative estimate of drug-likeness (QED) is 0.375. The molecule has 0 aliphatic carbocycles. The predicted octanol–water partition coefficient (Wildman–Crippen LogP) is 4.63. The van der Waals surface area contributed by atoms with Crippen LogP contribution in [-0.4, -0.2) is 30.6 Å². The molecule has 0 atom stereocenters. The number of anilines is 2. The topological polar surface area (TPSA) is 121 Å². The average Bonchev–Trinajstić information content (AvgIpc) is 3.25. The molecule has 4 aromatic rings. The Hall–Kier alpha value is -4.33. The van der Waals surface area contributed by atoms with Crippen LogP contribution < -0.4 is 15.8 Å². The number of alkyl halides is 3. The Bertz CT molecular complexity index is 1410. The lowest BCUT2D eigenvalue weighted by atomic mass is 10.2. The summed E-state index contributed by atoms with van der Waals surface area (Å²) in [5, 5.41) is 5.56. The van der Waals surface area contributed by atoms with E-state index in [9.17, 15) is 26.7 Å². The number of carbonyl (C=O) groups is 1. The van der Waals surface area contributed by atoms with Crippen molar-refractivity contribution in [1.82, 2.24) is 24.7 Å². The zero-order valence-electron chi connectivity index (χ0n) is 17.0. The van der Waals surface area contributed by atoms with Crippen molar-refractivity contribution in [2.75, 3.05) is 11.1 Å². The summed E-state index contributed by atoms with van der Waals surface area (Å²) in [5.74, 6) is -4.04. The van der Waals surface area contributed by atoms with Crippen molar-refractivity contribution in [1.29, 1.82) is 0 Å². The molecule has 3 heterocycles. The number of nitrogens with zero attached hydrogens (tertiary/aromatic N) is 5. The van der Waals surface area contributed by atoms with E-state index in [4.69, 9.17) is 22.1 Å². The van der Waals surface area contributed by atoms with Gasteiger partial charge in [-0.25, -0.2) is 23.4 Å². The van der Waals surface area contributed by atoms with E-state index >= 15 is 0 Å². The first-order chi connectivity index (χ1) is 16.5. The first-order valence-electron chi connectivity index (χ1n) is 9.36. The first-order valence-corrected chi connectivity index (χ1v) is 9.74. The number of rotatable bonds is 5. The van der Waals surface area contributed by atoms with Crippen molar-refractivity contribution in [3.8, 4) is 17.4 Å². The van der Waals surface area contributed by atoms with Crippen molar-refractivity contribution < 1.29 is 31.5 Å². The maximum atomic E-state index is 14.5. The minimum absolute atomic E-state index is 0.0992. The second-order valence-corrected chi connectivity index (χ2v) is 7.11. The number of pyridine rings is 1. The summed E-state index contributed by atoms with van der Waals surface area (Å²) in [4.78, 5) is 23.5. The second kappa shape index (κ2) is 9.13. The molecule has 0 fully saturated rings. The van der Waals surface area contributed by atoms with Crippen LogP contribution >= 0.6 is 11.6 Å². The van der Waals surface area contributed by atoms with Crippen LogP contribution in [0.1, 0.15) is 16.1 Å². The van der Waals surface area contributed by atoms with E-state index in [1.165, 1.54) is 6.07 Å². The molecule has 35 heavy (non-hydrogen) atoms. The summed E-state index contributed by atoms with van der Waals surface area (Å²) in [7, 11) is 0. The van der Waals surface area contributed by atoms with Gasteiger partial charge in [0.1, 0.15) is 23.0 Å². The number of hydrogen-bond donors (Lipinski definition) is 2. The summed E-state index contributed by atoms with van der Waals surface area (Å²) in [6, 6.07) is 4.93. The molecule has 0 aliphatic rings. The van der Waals surface area contributed by atoms with Crippen molar-refractivity contribution in [2.24, 2.45) is 0 Å².